The number of rotatable bonds is 7. The second-order valence-corrected chi connectivity index (χ2v) is 9.27. The molecule has 0 radical (unpaired) electrons. The van der Waals surface area contributed by atoms with Gasteiger partial charge in [-0.2, -0.15) is 5.10 Å². The first-order valence-corrected chi connectivity index (χ1v) is 10.6. The van der Waals surface area contributed by atoms with E-state index >= 15 is 0 Å². The molecule has 0 unspecified atom stereocenters. The highest BCUT2D eigenvalue weighted by molar-refractivity contribution is 7.89. The van der Waals surface area contributed by atoms with Gasteiger partial charge >= 0.3 is 0 Å². The number of hydrogen-bond donors (Lipinski definition) is 1. The molecule has 1 aromatic heterocycles. The molecular formula is C21H24FN3O3S. The summed E-state index contributed by atoms with van der Waals surface area (Å²) in [6.45, 7) is 5.41. The number of sulfonamides is 1. The molecule has 0 aliphatic carbocycles. The summed E-state index contributed by atoms with van der Waals surface area (Å²) in [6, 6.07) is 11.2. The van der Waals surface area contributed by atoms with E-state index in [-0.39, 0.29) is 10.6 Å². The van der Waals surface area contributed by atoms with Crippen molar-refractivity contribution in [2.45, 2.75) is 37.6 Å². The lowest BCUT2D eigenvalue weighted by Gasteiger charge is -2.26. The number of hydrogen-bond acceptors (Lipinski definition) is 4. The average Bonchev–Trinajstić information content (AvgIpc) is 3.07. The molecule has 0 fully saturated rings. The standard InChI is InChI=1S/C21H24FN3O3S/c1-15-13-23-25(14-15)20-10-9-18(11-19(20)22)29(26,27)24-21(2,3)12-16-5-7-17(28-4)8-6-16/h5-11,13-14,24H,12H2,1-4H3. The summed E-state index contributed by atoms with van der Waals surface area (Å²) in [7, 11) is -2.32. The molecule has 3 rings (SSSR count). The predicted octanol–water partition coefficient (Wildman–Crippen LogP) is 3.63. The van der Waals surface area contributed by atoms with E-state index in [0.717, 1.165) is 22.9 Å². The van der Waals surface area contributed by atoms with Gasteiger partial charge in [-0.05, 0) is 68.7 Å². The number of benzene rings is 2. The van der Waals surface area contributed by atoms with Crippen LogP contribution in [0, 0.1) is 12.7 Å². The molecule has 0 saturated heterocycles. The maximum Gasteiger partial charge on any atom is 0.241 e. The molecule has 1 heterocycles. The minimum absolute atomic E-state index is 0.134. The van der Waals surface area contributed by atoms with Gasteiger partial charge in [-0.1, -0.05) is 12.1 Å². The Balaban J connectivity index is 1.79. The van der Waals surface area contributed by atoms with E-state index in [1.54, 1.807) is 33.4 Å². The van der Waals surface area contributed by atoms with Crippen molar-refractivity contribution in [1.29, 1.82) is 0 Å². The first-order valence-electron chi connectivity index (χ1n) is 9.08. The summed E-state index contributed by atoms with van der Waals surface area (Å²) >= 11 is 0. The highest BCUT2D eigenvalue weighted by Gasteiger charge is 2.27. The second-order valence-electron chi connectivity index (χ2n) is 7.59. The molecule has 0 bridgehead atoms. The van der Waals surface area contributed by atoms with Crippen LogP contribution in [0.4, 0.5) is 4.39 Å². The second kappa shape index (κ2) is 7.96. The molecular weight excluding hydrogens is 393 g/mol. The highest BCUT2D eigenvalue weighted by atomic mass is 32.2. The Labute approximate surface area is 170 Å². The lowest BCUT2D eigenvalue weighted by Crippen LogP contribution is -2.45. The van der Waals surface area contributed by atoms with Gasteiger partial charge < -0.3 is 4.74 Å². The summed E-state index contributed by atoms with van der Waals surface area (Å²) in [6.07, 6.45) is 3.74. The summed E-state index contributed by atoms with van der Waals surface area (Å²) in [5.41, 5.74) is 1.24. The fourth-order valence-corrected chi connectivity index (χ4v) is 4.52. The highest BCUT2D eigenvalue weighted by Crippen LogP contribution is 2.22. The van der Waals surface area contributed by atoms with Crippen LogP contribution >= 0.6 is 0 Å². The first-order chi connectivity index (χ1) is 13.6. The smallest absolute Gasteiger partial charge is 0.241 e. The van der Waals surface area contributed by atoms with Crippen molar-refractivity contribution in [3.05, 3.63) is 71.8 Å². The number of nitrogens with zero attached hydrogens (tertiary/aromatic N) is 2. The quantitative estimate of drug-likeness (QED) is 0.637. The predicted molar refractivity (Wildman–Crippen MR) is 109 cm³/mol. The molecule has 29 heavy (non-hydrogen) atoms. The van der Waals surface area contributed by atoms with Crippen molar-refractivity contribution in [3.63, 3.8) is 0 Å². The van der Waals surface area contributed by atoms with Crippen LogP contribution in [0.25, 0.3) is 5.69 Å². The molecule has 6 nitrogen and oxygen atoms in total. The Bertz CT molecular complexity index is 1110. The SMILES string of the molecule is COc1ccc(CC(C)(C)NS(=O)(=O)c2ccc(-n3cc(C)cn3)c(F)c2)cc1. The summed E-state index contributed by atoms with van der Waals surface area (Å²) < 4.78 is 49.4. The van der Waals surface area contributed by atoms with E-state index in [9.17, 15) is 12.8 Å². The van der Waals surface area contributed by atoms with Gasteiger partial charge in [-0.3, -0.25) is 0 Å². The first kappa shape index (κ1) is 21.0. The molecule has 1 N–H and O–H groups in total. The van der Waals surface area contributed by atoms with Crippen molar-refractivity contribution >= 4 is 10.0 Å². The van der Waals surface area contributed by atoms with E-state index in [0.29, 0.717) is 6.42 Å². The van der Waals surface area contributed by atoms with Crippen LogP contribution in [0.15, 0.2) is 59.8 Å². The van der Waals surface area contributed by atoms with E-state index < -0.39 is 21.4 Å². The van der Waals surface area contributed by atoms with Crippen LogP contribution in [-0.4, -0.2) is 30.8 Å². The van der Waals surface area contributed by atoms with E-state index in [1.165, 1.54) is 16.8 Å². The Morgan fingerprint density at radius 2 is 1.86 bits per heavy atom. The van der Waals surface area contributed by atoms with Crippen LogP contribution in [-0.2, 0) is 16.4 Å². The largest absolute Gasteiger partial charge is 0.497 e. The zero-order valence-corrected chi connectivity index (χ0v) is 17.6. The van der Waals surface area contributed by atoms with Crippen LogP contribution in [0.3, 0.4) is 0 Å². The fourth-order valence-electron chi connectivity index (χ4n) is 3.10. The minimum atomic E-state index is -3.91. The average molecular weight is 418 g/mol. The van der Waals surface area contributed by atoms with Crippen molar-refractivity contribution in [2.24, 2.45) is 0 Å². The molecule has 0 atom stereocenters. The van der Waals surface area contributed by atoms with Gasteiger partial charge in [0.25, 0.3) is 0 Å². The number of nitrogens with one attached hydrogen (secondary N) is 1. The summed E-state index contributed by atoms with van der Waals surface area (Å²) in [4.78, 5) is -0.134. The number of methoxy groups -OCH3 is 1. The molecule has 154 valence electrons. The van der Waals surface area contributed by atoms with E-state index in [4.69, 9.17) is 4.74 Å². The lowest BCUT2D eigenvalue weighted by molar-refractivity contribution is 0.414. The molecule has 0 spiro atoms. The third-order valence-corrected chi connectivity index (χ3v) is 6.10. The summed E-state index contributed by atoms with van der Waals surface area (Å²) in [5, 5.41) is 4.06. The van der Waals surface area contributed by atoms with Gasteiger partial charge in [0.15, 0.2) is 0 Å². The van der Waals surface area contributed by atoms with Crippen LogP contribution in [0.1, 0.15) is 25.0 Å². The van der Waals surface area contributed by atoms with E-state index in [1.807, 2.05) is 31.2 Å². The van der Waals surface area contributed by atoms with Crippen LogP contribution in [0.2, 0.25) is 0 Å². The van der Waals surface area contributed by atoms with Gasteiger partial charge in [0.05, 0.1) is 18.2 Å². The Morgan fingerprint density at radius 1 is 1.17 bits per heavy atom. The topological polar surface area (TPSA) is 73.2 Å². The fraction of sp³-hybridized carbons (Fsp3) is 0.286. The lowest BCUT2D eigenvalue weighted by atomic mass is 9.96. The van der Waals surface area contributed by atoms with Crippen molar-refractivity contribution in [2.75, 3.05) is 7.11 Å². The van der Waals surface area contributed by atoms with Gasteiger partial charge in [0.1, 0.15) is 17.3 Å². The maximum absolute atomic E-state index is 14.6. The molecule has 3 aromatic rings. The van der Waals surface area contributed by atoms with Gasteiger partial charge in [-0.15, -0.1) is 0 Å². The number of halogens is 1. The number of aromatic nitrogens is 2. The third kappa shape index (κ3) is 5.02. The summed E-state index contributed by atoms with van der Waals surface area (Å²) in [5.74, 6) is 0.0685. The number of aryl methyl sites for hydroxylation is 1. The van der Waals surface area contributed by atoms with Crippen molar-refractivity contribution < 1.29 is 17.5 Å². The maximum atomic E-state index is 14.6. The number of ether oxygens (including phenoxy) is 1. The van der Waals surface area contributed by atoms with Gasteiger partial charge in [0, 0.05) is 11.7 Å². The molecule has 0 saturated carbocycles. The minimum Gasteiger partial charge on any atom is -0.497 e. The van der Waals surface area contributed by atoms with E-state index in [2.05, 4.69) is 9.82 Å². The monoisotopic (exact) mass is 417 g/mol. The molecule has 0 amide bonds. The zero-order chi connectivity index (χ0) is 21.2. The van der Waals surface area contributed by atoms with Crippen molar-refractivity contribution in [3.8, 4) is 11.4 Å². The molecule has 2 aromatic carbocycles. The molecule has 8 heteroatoms. The van der Waals surface area contributed by atoms with Crippen molar-refractivity contribution in [1.82, 2.24) is 14.5 Å². The Morgan fingerprint density at radius 3 is 2.41 bits per heavy atom. The van der Waals surface area contributed by atoms with Crippen LogP contribution in [0.5, 0.6) is 5.75 Å². The molecule has 0 aliphatic rings. The third-order valence-electron chi connectivity index (χ3n) is 4.40. The molecule has 0 aliphatic heterocycles. The van der Waals surface area contributed by atoms with Gasteiger partial charge in [-0.25, -0.2) is 22.2 Å². The Hall–Kier alpha value is -2.71. The normalized spacial score (nSPS) is 12.2. The van der Waals surface area contributed by atoms with Gasteiger partial charge in [0.2, 0.25) is 10.0 Å². The Kier molecular flexibility index (Phi) is 5.77. The van der Waals surface area contributed by atoms with Crippen LogP contribution < -0.4 is 9.46 Å². The zero-order valence-electron chi connectivity index (χ0n) is 16.8.